The number of rotatable bonds is 2. The predicted octanol–water partition coefficient (Wildman–Crippen LogP) is 5.78. The van der Waals surface area contributed by atoms with Crippen molar-refractivity contribution >= 4 is 40.6 Å². The third kappa shape index (κ3) is 2.57. The first-order valence-electron chi connectivity index (χ1n) is 7.62. The number of hydrogen-bond acceptors (Lipinski definition) is 2. The Hall–Kier alpha value is -1.68. The molecule has 122 valence electrons. The first kappa shape index (κ1) is 15.8. The van der Waals surface area contributed by atoms with Gasteiger partial charge >= 0.3 is 0 Å². The van der Waals surface area contributed by atoms with Crippen LogP contribution in [-0.2, 0) is 6.42 Å². The van der Waals surface area contributed by atoms with E-state index >= 15 is 0 Å². The number of hydrogen-bond donors (Lipinski definition) is 1. The lowest BCUT2D eigenvalue weighted by molar-refractivity contribution is 0.875. The number of anilines is 1. The van der Waals surface area contributed by atoms with Crippen molar-refractivity contribution in [3.05, 3.63) is 62.6 Å². The Bertz CT molecular complexity index is 873. The summed E-state index contributed by atoms with van der Waals surface area (Å²) in [5, 5.41) is 10.2. The molecule has 0 amide bonds. The summed E-state index contributed by atoms with van der Waals surface area (Å²) in [6.07, 6.45) is 0.913. The quantitative estimate of drug-likeness (QED) is 0.613. The summed E-state index contributed by atoms with van der Waals surface area (Å²) in [6, 6.07) is 11.3. The van der Waals surface area contributed by atoms with Gasteiger partial charge in [-0.1, -0.05) is 34.8 Å². The molecule has 0 radical (unpaired) electrons. The van der Waals surface area contributed by atoms with Crippen LogP contribution in [0.25, 0.3) is 16.9 Å². The molecule has 6 heteroatoms. The molecular formula is C18H14Cl3N3. The van der Waals surface area contributed by atoms with Crippen LogP contribution in [0, 0.1) is 6.92 Å². The van der Waals surface area contributed by atoms with Crippen LogP contribution in [0.15, 0.2) is 36.4 Å². The maximum absolute atomic E-state index is 6.40. The molecule has 1 aliphatic rings. The van der Waals surface area contributed by atoms with E-state index in [1.165, 1.54) is 5.56 Å². The molecule has 0 saturated heterocycles. The number of benzene rings is 2. The van der Waals surface area contributed by atoms with Crippen molar-refractivity contribution in [3.8, 4) is 16.9 Å². The highest BCUT2D eigenvalue weighted by molar-refractivity contribution is 6.36. The fourth-order valence-corrected chi connectivity index (χ4v) is 3.83. The first-order chi connectivity index (χ1) is 11.5. The largest absolute Gasteiger partial charge is 0.369 e. The highest BCUT2D eigenvalue weighted by atomic mass is 35.5. The highest BCUT2D eigenvalue weighted by Crippen LogP contribution is 2.38. The molecular weight excluding hydrogens is 365 g/mol. The second-order valence-corrected chi connectivity index (χ2v) is 7.10. The van der Waals surface area contributed by atoms with E-state index in [2.05, 4.69) is 5.32 Å². The monoisotopic (exact) mass is 377 g/mol. The van der Waals surface area contributed by atoms with Crippen molar-refractivity contribution < 1.29 is 0 Å². The minimum Gasteiger partial charge on any atom is -0.369 e. The van der Waals surface area contributed by atoms with E-state index in [9.17, 15) is 0 Å². The number of aromatic nitrogens is 2. The van der Waals surface area contributed by atoms with Gasteiger partial charge in [0.1, 0.15) is 5.82 Å². The smallest absolute Gasteiger partial charge is 0.133 e. The summed E-state index contributed by atoms with van der Waals surface area (Å²) in [4.78, 5) is 0. The van der Waals surface area contributed by atoms with E-state index in [0.717, 1.165) is 41.3 Å². The minimum atomic E-state index is 0.606. The van der Waals surface area contributed by atoms with Crippen molar-refractivity contribution in [1.82, 2.24) is 9.78 Å². The van der Waals surface area contributed by atoms with E-state index in [1.807, 2.05) is 41.9 Å². The Kier molecular flexibility index (Phi) is 3.95. The third-order valence-corrected chi connectivity index (χ3v) is 5.01. The second-order valence-electron chi connectivity index (χ2n) is 5.82. The van der Waals surface area contributed by atoms with Gasteiger partial charge in [0.25, 0.3) is 0 Å². The Balaban J connectivity index is 1.92. The lowest BCUT2D eigenvalue weighted by Crippen LogP contribution is -2.05. The topological polar surface area (TPSA) is 29.9 Å². The van der Waals surface area contributed by atoms with Crippen molar-refractivity contribution in [2.75, 3.05) is 11.9 Å². The molecule has 2 heterocycles. The normalized spacial score (nSPS) is 13.0. The van der Waals surface area contributed by atoms with E-state index in [0.29, 0.717) is 15.1 Å². The van der Waals surface area contributed by atoms with E-state index in [1.54, 1.807) is 6.07 Å². The van der Waals surface area contributed by atoms with E-state index < -0.39 is 0 Å². The zero-order chi connectivity index (χ0) is 16.8. The van der Waals surface area contributed by atoms with Gasteiger partial charge < -0.3 is 5.32 Å². The maximum Gasteiger partial charge on any atom is 0.133 e. The van der Waals surface area contributed by atoms with Gasteiger partial charge in [0.05, 0.1) is 16.4 Å². The van der Waals surface area contributed by atoms with Crippen LogP contribution in [0.1, 0.15) is 11.1 Å². The fourth-order valence-electron chi connectivity index (χ4n) is 3.10. The molecule has 0 aliphatic carbocycles. The van der Waals surface area contributed by atoms with Gasteiger partial charge in [-0.2, -0.15) is 5.10 Å². The van der Waals surface area contributed by atoms with Gasteiger partial charge in [0.15, 0.2) is 0 Å². The second kappa shape index (κ2) is 5.99. The van der Waals surface area contributed by atoms with Crippen LogP contribution in [0.5, 0.6) is 0 Å². The lowest BCUT2D eigenvalue weighted by Gasteiger charge is -2.10. The minimum absolute atomic E-state index is 0.606. The molecule has 2 aromatic carbocycles. The summed E-state index contributed by atoms with van der Waals surface area (Å²) in [7, 11) is 0. The molecule has 3 aromatic rings. The van der Waals surface area contributed by atoms with Crippen LogP contribution in [0.3, 0.4) is 0 Å². The van der Waals surface area contributed by atoms with E-state index in [-0.39, 0.29) is 0 Å². The van der Waals surface area contributed by atoms with Crippen LogP contribution < -0.4 is 5.32 Å². The standard InChI is InChI=1S/C18H14Cl3N3/c1-10-8-11(19)3-5-16(10)24-18-14(6-7-22-18)17(23-24)13-4-2-12(20)9-15(13)21/h2-5,8-9,22H,6-7H2,1H3. The molecule has 4 rings (SSSR count). The number of aryl methyl sites for hydroxylation is 1. The number of nitrogens with one attached hydrogen (secondary N) is 1. The Labute approximate surface area is 155 Å². The fraction of sp³-hybridized carbons (Fsp3) is 0.167. The molecule has 0 saturated carbocycles. The van der Waals surface area contributed by atoms with Crippen LogP contribution in [-0.4, -0.2) is 16.3 Å². The molecule has 0 atom stereocenters. The third-order valence-electron chi connectivity index (χ3n) is 4.22. The summed E-state index contributed by atoms with van der Waals surface area (Å²) in [5.74, 6) is 1.02. The first-order valence-corrected chi connectivity index (χ1v) is 8.75. The number of fused-ring (bicyclic) bond motifs is 1. The molecule has 0 spiro atoms. The Morgan fingerprint density at radius 2 is 1.79 bits per heavy atom. The summed E-state index contributed by atoms with van der Waals surface area (Å²) in [5.41, 5.74) is 5.03. The molecule has 24 heavy (non-hydrogen) atoms. The molecule has 3 nitrogen and oxygen atoms in total. The van der Waals surface area contributed by atoms with E-state index in [4.69, 9.17) is 39.9 Å². The molecule has 1 N–H and O–H groups in total. The van der Waals surface area contributed by atoms with Crippen LogP contribution >= 0.6 is 34.8 Å². The van der Waals surface area contributed by atoms with Gasteiger partial charge in [-0.3, -0.25) is 0 Å². The summed E-state index contributed by atoms with van der Waals surface area (Å²) < 4.78 is 1.94. The summed E-state index contributed by atoms with van der Waals surface area (Å²) in [6.45, 7) is 2.91. The zero-order valence-electron chi connectivity index (χ0n) is 12.9. The van der Waals surface area contributed by atoms with Crippen molar-refractivity contribution in [3.63, 3.8) is 0 Å². The molecule has 0 fully saturated rings. The molecule has 1 aliphatic heterocycles. The van der Waals surface area contributed by atoms with Crippen molar-refractivity contribution in [2.24, 2.45) is 0 Å². The summed E-state index contributed by atoms with van der Waals surface area (Å²) >= 11 is 18.5. The number of halogens is 3. The molecule has 0 bridgehead atoms. The Morgan fingerprint density at radius 3 is 2.54 bits per heavy atom. The van der Waals surface area contributed by atoms with Gasteiger partial charge in [-0.15, -0.1) is 0 Å². The average molecular weight is 379 g/mol. The predicted molar refractivity (Wildman–Crippen MR) is 101 cm³/mol. The Morgan fingerprint density at radius 1 is 1.04 bits per heavy atom. The van der Waals surface area contributed by atoms with Gasteiger partial charge in [-0.05, 0) is 55.3 Å². The van der Waals surface area contributed by atoms with Crippen LogP contribution in [0.2, 0.25) is 15.1 Å². The van der Waals surface area contributed by atoms with Crippen LogP contribution in [0.4, 0.5) is 5.82 Å². The molecule has 0 unspecified atom stereocenters. The maximum atomic E-state index is 6.40. The van der Waals surface area contributed by atoms with Crippen molar-refractivity contribution in [2.45, 2.75) is 13.3 Å². The SMILES string of the molecule is Cc1cc(Cl)ccc1-n1nc(-c2ccc(Cl)cc2Cl)c2c1NCC2. The lowest BCUT2D eigenvalue weighted by atomic mass is 10.1. The van der Waals surface area contributed by atoms with Gasteiger partial charge in [0.2, 0.25) is 0 Å². The van der Waals surface area contributed by atoms with Gasteiger partial charge in [-0.25, -0.2) is 4.68 Å². The zero-order valence-corrected chi connectivity index (χ0v) is 15.2. The van der Waals surface area contributed by atoms with Crippen molar-refractivity contribution in [1.29, 1.82) is 0 Å². The number of nitrogens with zero attached hydrogens (tertiary/aromatic N) is 2. The highest BCUT2D eigenvalue weighted by Gasteiger charge is 2.25. The molecule has 1 aromatic heterocycles. The average Bonchev–Trinajstić information content (AvgIpc) is 3.11. The van der Waals surface area contributed by atoms with Gasteiger partial charge in [0, 0.05) is 27.7 Å².